The molecule has 2 nitrogen and oxygen atoms in total. The van der Waals surface area contributed by atoms with Crippen LogP contribution in [0.4, 0.5) is 0 Å². The average molecular weight is 178 g/mol. The lowest BCUT2D eigenvalue weighted by Gasteiger charge is -2.31. The number of rotatable bonds is 2. The second kappa shape index (κ2) is 3.88. The van der Waals surface area contributed by atoms with Gasteiger partial charge < -0.3 is 0 Å². The van der Waals surface area contributed by atoms with E-state index in [1.54, 1.807) is 6.20 Å². The maximum Gasteiger partial charge on any atom is 0.0312 e. The molecule has 1 rings (SSSR count). The minimum Gasteiger partial charge on any atom is -0.297 e. The van der Waals surface area contributed by atoms with Crippen molar-refractivity contribution in [3.63, 3.8) is 0 Å². The highest BCUT2D eigenvalue weighted by Crippen LogP contribution is 2.13. The number of nitrogens with zero attached hydrogens (tertiary/aromatic N) is 2. The Labute approximate surface area is 80.6 Å². The predicted molar refractivity (Wildman–Crippen MR) is 55.5 cm³/mol. The van der Waals surface area contributed by atoms with E-state index >= 15 is 0 Å². The van der Waals surface area contributed by atoms with Crippen molar-refractivity contribution in [1.82, 2.24) is 9.88 Å². The van der Waals surface area contributed by atoms with Crippen LogP contribution in [-0.2, 0) is 6.54 Å². The van der Waals surface area contributed by atoms with E-state index in [0.717, 1.165) is 6.54 Å². The second-order valence-corrected chi connectivity index (χ2v) is 4.39. The molecule has 0 amide bonds. The lowest BCUT2D eigenvalue weighted by atomic mass is 10.1. The molecule has 0 unspecified atom stereocenters. The van der Waals surface area contributed by atoms with E-state index in [9.17, 15) is 0 Å². The van der Waals surface area contributed by atoms with Crippen molar-refractivity contribution in [2.75, 3.05) is 7.05 Å². The number of aromatic nitrogens is 1. The molecule has 0 bridgehead atoms. The summed E-state index contributed by atoms with van der Waals surface area (Å²) in [5.41, 5.74) is 1.48. The summed E-state index contributed by atoms with van der Waals surface area (Å²) in [6, 6.07) is 4.08. The first-order chi connectivity index (χ1) is 6.00. The zero-order valence-electron chi connectivity index (χ0n) is 8.91. The van der Waals surface area contributed by atoms with Crippen LogP contribution in [0.3, 0.4) is 0 Å². The Bertz CT molecular complexity index is 249. The SMILES string of the molecule is CN(Cc1cccnc1)C(C)(C)C. The Morgan fingerprint density at radius 2 is 2.08 bits per heavy atom. The smallest absolute Gasteiger partial charge is 0.0312 e. The third-order valence-electron chi connectivity index (χ3n) is 2.29. The summed E-state index contributed by atoms with van der Waals surface area (Å²) in [6.45, 7) is 7.59. The summed E-state index contributed by atoms with van der Waals surface area (Å²) < 4.78 is 0. The summed E-state index contributed by atoms with van der Waals surface area (Å²) in [5.74, 6) is 0. The van der Waals surface area contributed by atoms with Gasteiger partial charge in [-0.3, -0.25) is 9.88 Å². The highest BCUT2D eigenvalue weighted by molar-refractivity contribution is 5.08. The molecule has 0 spiro atoms. The zero-order valence-corrected chi connectivity index (χ0v) is 8.91. The fourth-order valence-corrected chi connectivity index (χ4v) is 1.00. The topological polar surface area (TPSA) is 16.1 Å². The van der Waals surface area contributed by atoms with E-state index in [0.29, 0.717) is 0 Å². The Hall–Kier alpha value is -0.890. The Morgan fingerprint density at radius 1 is 1.38 bits per heavy atom. The van der Waals surface area contributed by atoms with Gasteiger partial charge in [0.25, 0.3) is 0 Å². The summed E-state index contributed by atoms with van der Waals surface area (Å²) in [4.78, 5) is 6.40. The van der Waals surface area contributed by atoms with Gasteiger partial charge in [-0.15, -0.1) is 0 Å². The first-order valence-corrected chi connectivity index (χ1v) is 4.60. The van der Waals surface area contributed by atoms with Crippen molar-refractivity contribution in [3.05, 3.63) is 30.1 Å². The van der Waals surface area contributed by atoms with E-state index in [-0.39, 0.29) is 5.54 Å². The molecule has 0 atom stereocenters. The van der Waals surface area contributed by atoms with Gasteiger partial charge in [0.05, 0.1) is 0 Å². The number of hydrogen-bond donors (Lipinski definition) is 0. The Kier molecular flexibility index (Phi) is 3.04. The third kappa shape index (κ3) is 3.15. The minimum absolute atomic E-state index is 0.218. The molecular weight excluding hydrogens is 160 g/mol. The largest absolute Gasteiger partial charge is 0.297 e. The van der Waals surface area contributed by atoms with E-state index in [1.165, 1.54) is 5.56 Å². The predicted octanol–water partition coefficient (Wildman–Crippen LogP) is 2.31. The molecule has 0 aromatic carbocycles. The molecule has 0 N–H and O–H groups in total. The van der Waals surface area contributed by atoms with Crippen LogP contribution < -0.4 is 0 Å². The fraction of sp³-hybridized carbons (Fsp3) is 0.545. The number of pyridine rings is 1. The van der Waals surface area contributed by atoms with Crippen molar-refractivity contribution in [2.24, 2.45) is 0 Å². The zero-order chi connectivity index (χ0) is 9.90. The molecule has 1 heterocycles. The van der Waals surface area contributed by atoms with Crippen LogP contribution in [0.2, 0.25) is 0 Å². The van der Waals surface area contributed by atoms with Crippen LogP contribution in [-0.4, -0.2) is 22.5 Å². The molecule has 0 radical (unpaired) electrons. The van der Waals surface area contributed by atoms with Gasteiger partial charge in [-0.2, -0.15) is 0 Å². The minimum atomic E-state index is 0.218. The molecule has 0 aliphatic carbocycles. The van der Waals surface area contributed by atoms with Gasteiger partial charge in [-0.1, -0.05) is 6.07 Å². The van der Waals surface area contributed by atoms with Crippen molar-refractivity contribution < 1.29 is 0 Å². The molecule has 0 aliphatic rings. The molecule has 0 fully saturated rings. The summed E-state index contributed by atoms with van der Waals surface area (Å²) >= 11 is 0. The molecule has 0 aliphatic heterocycles. The van der Waals surface area contributed by atoms with Gasteiger partial charge in [0.15, 0.2) is 0 Å². The molecular formula is C11H18N2. The van der Waals surface area contributed by atoms with Gasteiger partial charge in [0.1, 0.15) is 0 Å². The average Bonchev–Trinajstić information content (AvgIpc) is 2.04. The standard InChI is InChI=1S/C11H18N2/c1-11(2,3)13(4)9-10-6-5-7-12-8-10/h5-8H,9H2,1-4H3. The van der Waals surface area contributed by atoms with Gasteiger partial charge in [0, 0.05) is 24.5 Å². The quantitative estimate of drug-likeness (QED) is 0.691. The van der Waals surface area contributed by atoms with Gasteiger partial charge in [-0.05, 0) is 39.4 Å². The van der Waals surface area contributed by atoms with Crippen LogP contribution in [0, 0.1) is 0 Å². The van der Waals surface area contributed by atoms with Gasteiger partial charge in [0.2, 0.25) is 0 Å². The Morgan fingerprint density at radius 3 is 2.54 bits per heavy atom. The number of hydrogen-bond acceptors (Lipinski definition) is 2. The molecule has 13 heavy (non-hydrogen) atoms. The molecule has 72 valence electrons. The second-order valence-electron chi connectivity index (χ2n) is 4.39. The summed E-state index contributed by atoms with van der Waals surface area (Å²) in [5, 5.41) is 0. The van der Waals surface area contributed by atoms with Crippen LogP contribution in [0.5, 0.6) is 0 Å². The van der Waals surface area contributed by atoms with Crippen molar-refractivity contribution in [3.8, 4) is 0 Å². The summed E-state index contributed by atoms with van der Waals surface area (Å²) in [7, 11) is 2.13. The van der Waals surface area contributed by atoms with Crippen molar-refractivity contribution in [2.45, 2.75) is 32.9 Å². The van der Waals surface area contributed by atoms with E-state index in [2.05, 4.69) is 43.8 Å². The van der Waals surface area contributed by atoms with Crippen LogP contribution in [0.15, 0.2) is 24.5 Å². The van der Waals surface area contributed by atoms with Crippen LogP contribution >= 0.6 is 0 Å². The summed E-state index contributed by atoms with van der Waals surface area (Å²) in [6.07, 6.45) is 3.73. The van der Waals surface area contributed by atoms with Crippen molar-refractivity contribution >= 4 is 0 Å². The van der Waals surface area contributed by atoms with E-state index in [4.69, 9.17) is 0 Å². The lowest BCUT2D eigenvalue weighted by Crippen LogP contribution is -2.37. The third-order valence-corrected chi connectivity index (χ3v) is 2.29. The fourth-order valence-electron chi connectivity index (χ4n) is 1.00. The molecule has 1 aromatic rings. The van der Waals surface area contributed by atoms with E-state index < -0.39 is 0 Å². The normalized spacial score (nSPS) is 12.1. The molecule has 0 saturated carbocycles. The van der Waals surface area contributed by atoms with Crippen LogP contribution in [0.1, 0.15) is 26.3 Å². The first kappa shape index (κ1) is 10.2. The maximum absolute atomic E-state index is 4.09. The van der Waals surface area contributed by atoms with Crippen molar-refractivity contribution in [1.29, 1.82) is 0 Å². The highest BCUT2D eigenvalue weighted by Gasteiger charge is 2.16. The molecule has 0 saturated heterocycles. The maximum atomic E-state index is 4.09. The monoisotopic (exact) mass is 178 g/mol. The van der Waals surface area contributed by atoms with Crippen LogP contribution in [0.25, 0.3) is 0 Å². The highest BCUT2D eigenvalue weighted by atomic mass is 15.2. The molecule has 1 aromatic heterocycles. The van der Waals surface area contributed by atoms with Gasteiger partial charge >= 0.3 is 0 Å². The molecule has 2 heteroatoms. The van der Waals surface area contributed by atoms with E-state index in [1.807, 2.05) is 12.3 Å². The van der Waals surface area contributed by atoms with Gasteiger partial charge in [-0.25, -0.2) is 0 Å². The lowest BCUT2D eigenvalue weighted by molar-refractivity contribution is 0.167. The Balaban J connectivity index is 2.61. The first-order valence-electron chi connectivity index (χ1n) is 4.60.